The van der Waals surface area contributed by atoms with Gasteiger partial charge >= 0.3 is 5.97 Å². The molecule has 0 radical (unpaired) electrons. The molecule has 8 heteroatoms. The van der Waals surface area contributed by atoms with Crippen molar-refractivity contribution in [2.45, 2.75) is 25.8 Å². The second-order valence-corrected chi connectivity index (χ2v) is 10.7. The fourth-order valence-electron chi connectivity index (χ4n) is 5.10. The van der Waals surface area contributed by atoms with Gasteiger partial charge in [0.25, 0.3) is 5.91 Å². The van der Waals surface area contributed by atoms with Crippen LogP contribution >= 0.6 is 0 Å². The summed E-state index contributed by atoms with van der Waals surface area (Å²) in [6.45, 7) is 3.30. The van der Waals surface area contributed by atoms with Crippen LogP contribution in [0.25, 0.3) is 10.9 Å². The Morgan fingerprint density at radius 2 is 1.53 bits per heavy atom. The van der Waals surface area contributed by atoms with Crippen molar-refractivity contribution in [3.8, 4) is 5.75 Å². The number of aliphatic carboxylic acids is 1. The van der Waals surface area contributed by atoms with Crippen LogP contribution in [-0.4, -0.2) is 58.4 Å². The van der Waals surface area contributed by atoms with Crippen LogP contribution in [0, 0.1) is 0 Å². The predicted molar refractivity (Wildman–Crippen MR) is 175 cm³/mol. The molecular weight excluding hydrogens is 566 g/mol. The molecule has 1 amide bonds. The first kappa shape index (κ1) is 30.9. The van der Waals surface area contributed by atoms with Crippen LogP contribution in [0.3, 0.4) is 0 Å². The van der Waals surface area contributed by atoms with E-state index in [9.17, 15) is 19.5 Å². The van der Waals surface area contributed by atoms with Crippen LogP contribution in [0.5, 0.6) is 5.75 Å². The second kappa shape index (κ2) is 14.8. The van der Waals surface area contributed by atoms with E-state index in [4.69, 9.17) is 4.74 Å². The minimum atomic E-state index is -1.03. The third-order valence-corrected chi connectivity index (χ3v) is 7.43. The largest absolute Gasteiger partial charge is 0.492 e. The van der Waals surface area contributed by atoms with Gasteiger partial charge in [0.15, 0.2) is 5.78 Å². The number of anilines is 1. The number of carbonyl (C=O) groups is 3. The van der Waals surface area contributed by atoms with Crippen LogP contribution in [0.4, 0.5) is 5.69 Å². The number of hydrogen-bond acceptors (Lipinski definition) is 6. The first-order chi connectivity index (χ1) is 21.9. The number of pyridine rings is 1. The Kier molecular flexibility index (Phi) is 10.2. The van der Waals surface area contributed by atoms with Gasteiger partial charge in [0, 0.05) is 35.2 Å². The van der Waals surface area contributed by atoms with Gasteiger partial charge in [-0.2, -0.15) is 0 Å². The quantitative estimate of drug-likeness (QED) is 0.140. The second-order valence-electron chi connectivity index (χ2n) is 10.7. The monoisotopic (exact) mass is 601 g/mol. The molecule has 5 aromatic rings. The van der Waals surface area contributed by atoms with E-state index in [0.717, 1.165) is 22.9 Å². The highest BCUT2D eigenvalue weighted by Gasteiger charge is 2.22. The zero-order valence-electron chi connectivity index (χ0n) is 25.1. The van der Waals surface area contributed by atoms with Crippen molar-refractivity contribution in [3.05, 3.63) is 138 Å². The van der Waals surface area contributed by atoms with Crippen molar-refractivity contribution in [2.75, 3.05) is 25.0 Å². The first-order valence-corrected chi connectivity index (χ1v) is 15.0. The zero-order valence-corrected chi connectivity index (χ0v) is 25.1. The lowest BCUT2D eigenvalue weighted by molar-refractivity contribution is -0.137. The molecule has 8 nitrogen and oxygen atoms in total. The number of amides is 1. The molecule has 0 aliphatic carbocycles. The molecular formula is C37H35N3O5. The molecule has 228 valence electrons. The van der Waals surface area contributed by atoms with E-state index in [1.54, 1.807) is 71.6 Å². The summed E-state index contributed by atoms with van der Waals surface area (Å²) in [6, 6.07) is 33.4. The normalized spacial score (nSPS) is 11.5. The maximum atomic E-state index is 13.2. The molecule has 45 heavy (non-hydrogen) atoms. The molecule has 2 N–H and O–H groups in total. The fourth-order valence-corrected chi connectivity index (χ4v) is 5.10. The summed E-state index contributed by atoms with van der Waals surface area (Å²) in [5, 5.41) is 14.0. The number of carboxylic acid groups (broad SMARTS) is 1. The van der Waals surface area contributed by atoms with Crippen molar-refractivity contribution in [2.24, 2.45) is 0 Å². The number of fused-ring (bicyclic) bond motifs is 1. The highest BCUT2D eigenvalue weighted by Crippen LogP contribution is 2.22. The SMILES string of the molecule is CCCN(CCOc1ccc(CC(Nc2ccccc2C(=O)c2ccccc2)C(=O)O)cc1)C(=O)c1ccc2ccccc2n1. The topological polar surface area (TPSA) is 109 Å². The predicted octanol–water partition coefficient (Wildman–Crippen LogP) is 6.50. The minimum Gasteiger partial charge on any atom is -0.492 e. The first-order valence-electron chi connectivity index (χ1n) is 15.0. The van der Waals surface area contributed by atoms with E-state index in [1.165, 1.54) is 0 Å². The maximum absolute atomic E-state index is 13.2. The van der Waals surface area contributed by atoms with Gasteiger partial charge in [-0.3, -0.25) is 9.59 Å². The molecule has 0 bridgehead atoms. The third kappa shape index (κ3) is 7.92. The van der Waals surface area contributed by atoms with Gasteiger partial charge in [-0.15, -0.1) is 0 Å². The molecule has 1 atom stereocenters. The van der Waals surface area contributed by atoms with Crippen molar-refractivity contribution in [1.82, 2.24) is 9.88 Å². The lowest BCUT2D eigenvalue weighted by Gasteiger charge is -2.22. The van der Waals surface area contributed by atoms with Crippen molar-refractivity contribution in [3.63, 3.8) is 0 Å². The van der Waals surface area contributed by atoms with Gasteiger partial charge in [0.2, 0.25) is 0 Å². The molecule has 1 aromatic heterocycles. The average molecular weight is 602 g/mol. The molecule has 0 fully saturated rings. The van der Waals surface area contributed by atoms with E-state index in [-0.39, 0.29) is 18.1 Å². The summed E-state index contributed by atoms with van der Waals surface area (Å²) in [5.41, 5.74) is 3.37. The Morgan fingerprint density at radius 1 is 0.822 bits per heavy atom. The number of rotatable bonds is 14. The van der Waals surface area contributed by atoms with Crippen molar-refractivity contribution in [1.29, 1.82) is 0 Å². The fraction of sp³-hybridized carbons (Fsp3) is 0.189. The van der Waals surface area contributed by atoms with Crippen LogP contribution in [-0.2, 0) is 11.2 Å². The number of aromatic nitrogens is 1. The number of para-hydroxylation sites is 2. The summed E-state index contributed by atoms with van der Waals surface area (Å²) in [6.07, 6.45) is 0.999. The molecule has 4 aromatic carbocycles. The standard InChI is InChI=1S/C37H35N3O5/c1-2-22-40(36(42)33-21-18-27-10-6-8-14-31(27)38-33)23-24-45-29-19-16-26(17-20-29)25-34(37(43)44)39-32-15-9-7-13-30(32)35(41)28-11-4-3-5-12-28/h3-21,34,39H,2,22-25H2,1H3,(H,43,44). The van der Waals surface area contributed by atoms with E-state index in [1.807, 2.05) is 55.5 Å². The Morgan fingerprint density at radius 3 is 2.29 bits per heavy atom. The van der Waals surface area contributed by atoms with Crippen molar-refractivity contribution >= 4 is 34.3 Å². The molecule has 0 spiro atoms. The third-order valence-electron chi connectivity index (χ3n) is 7.43. The Hall–Kier alpha value is -5.50. The highest BCUT2D eigenvalue weighted by atomic mass is 16.5. The molecule has 0 saturated carbocycles. The molecule has 0 saturated heterocycles. The number of ketones is 1. The lowest BCUT2D eigenvalue weighted by Crippen LogP contribution is -2.35. The number of hydrogen-bond donors (Lipinski definition) is 2. The summed E-state index contributed by atoms with van der Waals surface area (Å²) >= 11 is 0. The smallest absolute Gasteiger partial charge is 0.326 e. The Bertz CT molecular complexity index is 1770. The lowest BCUT2D eigenvalue weighted by atomic mass is 10.00. The van der Waals surface area contributed by atoms with Gasteiger partial charge in [-0.25, -0.2) is 9.78 Å². The van der Waals surface area contributed by atoms with E-state index in [2.05, 4.69) is 10.3 Å². The molecule has 5 rings (SSSR count). The number of carbonyl (C=O) groups excluding carboxylic acids is 2. The van der Waals surface area contributed by atoms with Gasteiger partial charge in [-0.1, -0.05) is 85.8 Å². The molecule has 1 unspecified atom stereocenters. The summed E-state index contributed by atoms with van der Waals surface area (Å²) in [5.74, 6) is -0.734. The zero-order chi connectivity index (χ0) is 31.6. The van der Waals surface area contributed by atoms with Crippen molar-refractivity contribution < 1.29 is 24.2 Å². The van der Waals surface area contributed by atoms with Crippen LogP contribution in [0.15, 0.2) is 115 Å². The number of benzene rings is 4. The minimum absolute atomic E-state index is 0.138. The molecule has 0 aliphatic heterocycles. The summed E-state index contributed by atoms with van der Waals surface area (Å²) in [4.78, 5) is 44.8. The average Bonchev–Trinajstić information content (AvgIpc) is 3.08. The van der Waals surface area contributed by atoms with Crippen LogP contribution in [0.2, 0.25) is 0 Å². The van der Waals surface area contributed by atoms with Gasteiger partial charge in [0.1, 0.15) is 24.1 Å². The van der Waals surface area contributed by atoms with Gasteiger partial charge in [-0.05, 0) is 48.4 Å². The summed E-state index contributed by atoms with van der Waals surface area (Å²) in [7, 11) is 0. The Labute approximate surface area is 262 Å². The van der Waals surface area contributed by atoms with E-state index >= 15 is 0 Å². The van der Waals surface area contributed by atoms with Gasteiger partial charge in [0.05, 0.1) is 12.1 Å². The number of nitrogens with one attached hydrogen (secondary N) is 1. The number of ether oxygens (including phenoxy) is 1. The Balaban J connectivity index is 1.19. The summed E-state index contributed by atoms with van der Waals surface area (Å²) < 4.78 is 5.94. The van der Waals surface area contributed by atoms with Gasteiger partial charge < -0.3 is 20.1 Å². The van der Waals surface area contributed by atoms with Crippen LogP contribution in [0.1, 0.15) is 45.3 Å². The van der Waals surface area contributed by atoms with E-state index < -0.39 is 12.0 Å². The number of nitrogens with zero attached hydrogens (tertiary/aromatic N) is 2. The van der Waals surface area contributed by atoms with Crippen LogP contribution < -0.4 is 10.1 Å². The maximum Gasteiger partial charge on any atom is 0.326 e. The molecule has 1 heterocycles. The highest BCUT2D eigenvalue weighted by molar-refractivity contribution is 6.12. The molecule has 0 aliphatic rings. The van der Waals surface area contributed by atoms with E-state index in [0.29, 0.717) is 48.0 Å². The number of carboxylic acids is 1.